The van der Waals surface area contributed by atoms with Crippen LogP contribution in [0.3, 0.4) is 0 Å². The molecule has 4 heterocycles. The summed E-state index contributed by atoms with van der Waals surface area (Å²) >= 11 is 0. The molecule has 63 heavy (non-hydrogen) atoms. The molecule has 4 rings (SSSR count). The molecule has 0 amide bonds. The lowest BCUT2D eigenvalue weighted by Crippen LogP contribution is -2.39. The Hall–Kier alpha value is -4.97. The van der Waals surface area contributed by atoms with Gasteiger partial charge in [-0.05, 0) is 43.9 Å². The average Bonchev–Trinajstić information content (AvgIpc) is 4.05. The number of aliphatic hydroxyl groups excluding tert-OH is 2. The number of carbonyl (C=O) groups is 4. The summed E-state index contributed by atoms with van der Waals surface area (Å²) < 4.78 is 40.6. The second kappa shape index (κ2) is 24.8. The van der Waals surface area contributed by atoms with E-state index in [-0.39, 0.29) is 92.3 Å². The fraction of sp³-hybridized carbons (Fsp3) is 0.630. The molecule has 0 saturated carbocycles. The monoisotopic (exact) mass is 882 g/mol. The highest BCUT2D eigenvalue weighted by molar-refractivity contribution is 5.82. The van der Waals surface area contributed by atoms with Gasteiger partial charge in [-0.1, -0.05) is 46.8 Å². The number of esters is 2. The first kappa shape index (κ1) is 50.7. The fourth-order valence-corrected chi connectivity index (χ4v) is 7.67. The number of aliphatic hydroxyl groups is 2. The molecule has 0 fully saturated rings. The van der Waals surface area contributed by atoms with E-state index in [1.54, 1.807) is 51.4 Å². The highest BCUT2D eigenvalue weighted by Gasteiger charge is 2.35. The number of hydrogen-bond donors (Lipinski definition) is 2. The van der Waals surface area contributed by atoms with Crippen LogP contribution in [-0.4, -0.2) is 112 Å². The molecular weight excluding hydrogens is 817 g/mol. The predicted molar refractivity (Wildman–Crippen MR) is 230 cm³/mol. The van der Waals surface area contributed by atoms with E-state index >= 15 is 0 Å². The molecule has 3 aromatic heterocycles. The predicted octanol–water partition coefficient (Wildman–Crippen LogP) is 6.94. The van der Waals surface area contributed by atoms with Gasteiger partial charge in [-0.15, -0.1) is 0 Å². The minimum Gasteiger partial charge on any atom is -0.462 e. The quantitative estimate of drug-likeness (QED) is 0.116. The van der Waals surface area contributed by atoms with E-state index in [9.17, 15) is 29.4 Å². The summed E-state index contributed by atoms with van der Waals surface area (Å²) in [6, 6.07) is 0. The Morgan fingerprint density at radius 3 is 2.40 bits per heavy atom. The normalized spacial score (nSPS) is 23.7. The Morgan fingerprint density at radius 1 is 1.00 bits per heavy atom. The van der Waals surface area contributed by atoms with Crippen molar-refractivity contribution in [1.29, 1.82) is 0 Å². The Morgan fingerprint density at radius 2 is 1.70 bits per heavy atom. The first-order valence-electron chi connectivity index (χ1n) is 21.7. The maximum Gasteiger partial charge on any atom is 0.308 e. The maximum absolute atomic E-state index is 13.6. The van der Waals surface area contributed by atoms with Crippen molar-refractivity contribution in [2.75, 3.05) is 28.0 Å². The number of carbonyl (C=O) groups excluding carboxylic acids is 4. The van der Waals surface area contributed by atoms with Gasteiger partial charge in [0.15, 0.2) is 11.4 Å². The van der Waals surface area contributed by atoms with Gasteiger partial charge >= 0.3 is 11.9 Å². The Balaban J connectivity index is 1.51. The van der Waals surface area contributed by atoms with E-state index in [2.05, 4.69) is 15.0 Å². The number of hydrogen-bond acceptors (Lipinski definition) is 17. The van der Waals surface area contributed by atoms with Gasteiger partial charge in [0.25, 0.3) is 0 Å². The van der Waals surface area contributed by atoms with Crippen LogP contribution in [0.4, 0.5) is 0 Å². The SMILES string of the molecule is CO[C@H]1C/C=C/c2nc(co2)-c2nc(co2)-c2nc(co2)[C@@H](C)CC(=O)CCC[C@H](O)CC(=O)O[C@@H](C[C@H](OC)[C@@H](C)CCC(=O)[C@@H](C)[C@@H](OC(C)=O)[C@H](C)C=CN(C)CO)[C@@H]1C. The lowest BCUT2D eigenvalue weighted by molar-refractivity contribution is -0.160. The van der Waals surface area contributed by atoms with Crippen LogP contribution in [0.2, 0.25) is 0 Å². The van der Waals surface area contributed by atoms with Crippen LogP contribution in [0, 0.1) is 23.7 Å². The van der Waals surface area contributed by atoms with Crippen molar-refractivity contribution in [3.8, 4) is 23.2 Å². The number of aromatic nitrogens is 3. The molecule has 2 N–H and O–H groups in total. The highest BCUT2D eigenvalue weighted by Crippen LogP contribution is 2.31. The maximum atomic E-state index is 13.6. The van der Waals surface area contributed by atoms with E-state index in [0.717, 1.165) is 0 Å². The third kappa shape index (κ3) is 15.4. The Kier molecular flexibility index (Phi) is 19.9. The summed E-state index contributed by atoms with van der Waals surface area (Å²) in [5.41, 5.74) is 1.30. The molecule has 17 heteroatoms. The number of ether oxygens (including phenoxy) is 4. The molecule has 10 atom stereocenters. The van der Waals surface area contributed by atoms with Crippen molar-refractivity contribution in [3.63, 3.8) is 0 Å². The van der Waals surface area contributed by atoms with Crippen LogP contribution in [-0.2, 0) is 38.1 Å². The lowest BCUT2D eigenvalue weighted by Gasteiger charge is -2.34. The average molecular weight is 883 g/mol. The molecular formula is C46H66N4O13. The summed E-state index contributed by atoms with van der Waals surface area (Å²) in [5.74, 6) is -2.13. The number of nitrogens with zero attached hydrogens (tertiary/aromatic N) is 4. The molecule has 348 valence electrons. The molecule has 6 bridgehead atoms. The topological polar surface area (TPSA) is 227 Å². The zero-order chi connectivity index (χ0) is 46.2. The summed E-state index contributed by atoms with van der Waals surface area (Å²) in [6.45, 7) is 10.5. The van der Waals surface area contributed by atoms with Crippen LogP contribution in [0.25, 0.3) is 29.2 Å². The molecule has 1 aliphatic heterocycles. The van der Waals surface area contributed by atoms with Crippen molar-refractivity contribution < 1.29 is 61.6 Å². The van der Waals surface area contributed by atoms with E-state index in [1.807, 2.05) is 33.8 Å². The first-order valence-corrected chi connectivity index (χ1v) is 21.7. The van der Waals surface area contributed by atoms with Crippen molar-refractivity contribution in [1.82, 2.24) is 19.9 Å². The number of cyclic esters (lactones) is 1. The fourth-order valence-electron chi connectivity index (χ4n) is 7.67. The van der Waals surface area contributed by atoms with Crippen LogP contribution in [0.15, 0.2) is 50.4 Å². The largest absolute Gasteiger partial charge is 0.462 e. The third-order valence-electron chi connectivity index (χ3n) is 11.7. The van der Waals surface area contributed by atoms with E-state index in [1.165, 1.54) is 25.7 Å². The van der Waals surface area contributed by atoms with Crippen molar-refractivity contribution in [2.45, 2.75) is 136 Å². The van der Waals surface area contributed by atoms with Gasteiger partial charge in [0.05, 0.1) is 36.3 Å². The second-order valence-corrected chi connectivity index (χ2v) is 16.8. The van der Waals surface area contributed by atoms with Gasteiger partial charge in [0, 0.05) is 71.6 Å². The number of ketones is 2. The van der Waals surface area contributed by atoms with Gasteiger partial charge in [-0.3, -0.25) is 19.2 Å². The van der Waals surface area contributed by atoms with E-state index in [0.29, 0.717) is 42.2 Å². The molecule has 3 aromatic rings. The summed E-state index contributed by atoms with van der Waals surface area (Å²) in [6.07, 6.45) is 10.1. The summed E-state index contributed by atoms with van der Waals surface area (Å²) in [7, 11) is 4.85. The van der Waals surface area contributed by atoms with Gasteiger partial charge in [0.1, 0.15) is 49.3 Å². The molecule has 0 aromatic carbocycles. The summed E-state index contributed by atoms with van der Waals surface area (Å²) in [4.78, 5) is 67.1. The van der Waals surface area contributed by atoms with Crippen molar-refractivity contribution in [3.05, 3.63) is 48.7 Å². The minimum atomic E-state index is -1.03. The number of methoxy groups -OCH3 is 2. The number of Topliss-reactive ketones (excluding diaryl/α,β-unsaturated/α-hetero) is 2. The van der Waals surface area contributed by atoms with Gasteiger partial charge in [-0.25, -0.2) is 15.0 Å². The Labute approximate surface area is 369 Å². The Bertz CT molecular complexity index is 1970. The van der Waals surface area contributed by atoms with Crippen LogP contribution in [0.5, 0.6) is 0 Å². The molecule has 0 unspecified atom stereocenters. The van der Waals surface area contributed by atoms with Gasteiger partial charge in [0.2, 0.25) is 17.7 Å². The zero-order valence-electron chi connectivity index (χ0n) is 38.1. The van der Waals surface area contributed by atoms with Crippen molar-refractivity contribution >= 4 is 29.6 Å². The van der Waals surface area contributed by atoms with Crippen LogP contribution < -0.4 is 0 Å². The van der Waals surface area contributed by atoms with Gasteiger partial charge in [-0.2, -0.15) is 0 Å². The molecule has 0 radical (unpaired) electrons. The standard InChI is InChI=1S/C46H66N4O13/c1-27(16-17-38(55)30(4)44(62-32(6)52)28(2)18-19-50(7)26-51)40(58-9)22-41-31(5)39(57-8)14-11-15-42-47-36(24-59-42)45-49-37(25-61-45)46-48-35(23-60-46)29(3)20-33(53)12-10-13-34(54)21-43(56)63-41/h11,15,18-19,23-25,27-31,34,39-41,44,51,54H,10,12-14,16-17,20-22,26H2,1-9H3/b15-11+,19-18?/t27-,28+,29-,30+,31+,34-,39-,40-,41-,44-/m0/s1. The van der Waals surface area contributed by atoms with E-state index in [4.69, 9.17) is 32.2 Å². The van der Waals surface area contributed by atoms with Crippen LogP contribution >= 0.6 is 0 Å². The smallest absolute Gasteiger partial charge is 0.308 e. The van der Waals surface area contributed by atoms with Gasteiger partial charge < -0.3 is 47.3 Å². The lowest BCUT2D eigenvalue weighted by atomic mass is 9.84. The molecule has 0 spiro atoms. The molecule has 1 aliphatic rings. The highest BCUT2D eigenvalue weighted by atomic mass is 16.6. The van der Waals surface area contributed by atoms with Crippen LogP contribution in [0.1, 0.15) is 117 Å². The third-order valence-corrected chi connectivity index (χ3v) is 11.7. The first-order chi connectivity index (χ1) is 30.0. The molecule has 17 nitrogen and oxygen atoms in total. The summed E-state index contributed by atoms with van der Waals surface area (Å²) in [5, 5.41) is 20.2. The zero-order valence-corrected chi connectivity index (χ0v) is 38.1. The van der Waals surface area contributed by atoms with Crippen molar-refractivity contribution in [2.24, 2.45) is 23.7 Å². The minimum absolute atomic E-state index is 0.0138. The van der Waals surface area contributed by atoms with E-state index < -0.39 is 48.4 Å². The number of fused-ring (bicyclic) bond motifs is 8. The molecule has 0 saturated heterocycles. The second-order valence-electron chi connectivity index (χ2n) is 16.8. The molecule has 0 aliphatic carbocycles. The number of oxazole rings is 3. The number of rotatable bonds is 15.